The maximum Gasteiger partial charge on any atom is 0.127 e. The van der Waals surface area contributed by atoms with Crippen LogP contribution in [0.4, 0.5) is 8.78 Å². The molecule has 0 saturated carbocycles. The Morgan fingerprint density at radius 3 is 2.47 bits per heavy atom. The molecule has 0 aliphatic carbocycles. The molecule has 0 amide bonds. The van der Waals surface area contributed by atoms with E-state index in [2.05, 4.69) is 21.2 Å². The van der Waals surface area contributed by atoms with E-state index in [0.29, 0.717) is 17.1 Å². The Bertz CT molecular complexity index is 590. The zero-order valence-electron chi connectivity index (χ0n) is 9.89. The normalized spacial score (nSPS) is 10.7. The summed E-state index contributed by atoms with van der Waals surface area (Å²) < 4.78 is 27.3. The molecule has 0 aromatic heterocycles. The van der Waals surface area contributed by atoms with Crippen molar-refractivity contribution in [1.82, 2.24) is 5.32 Å². The van der Waals surface area contributed by atoms with E-state index in [1.54, 1.807) is 6.07 Å². The summed E-state index contributed by atoms with van der Waals surface area (Å²) in [6.45, 7) is 0.734. The van der Waals surface area contributed by atoms with Gasteiger partial charge in [0, 0.05) is 28.1 Å². The number of benzene rings is 2. The van der Waals surface area contributed by atoms with Crippen molar-refractivity contribution in [2.24, 2.45) is 0 Å². The topological polar surface area (TPSA) is 12.0 Å². The molecule has 0 radical (unpaired) electrons. The van der Waals surface area contributed by atoms with E-state index in [1.807, 2.05) is 12.1 Å². The van der Waals surface area contributed by atoms with Gasteiger partial charge in [-0.15, -0.1) is 0 Å². The lowest BCUT2D eigenvalue weighted by Crippen LogP contribution is -2.14. The Hall–Kier alpha value is -0.970. The lowest BCUT2D eigenvalue weighted by molar-refractivity contribution is 0.568. The summed E-state index contributed by atoms with van der Waals surface area (Å²) in [5, 5.41) is 3.67. The highest BCUT2D eigenvalue weighted by Gasteiger charge is 2.05. The van der Waals surface area contributed by atoms with Crippen LogP contribution >= 0.6 is 27.5 Å². The number of halogens is 4. The van der Waals surface area contributed by atoms with Crippen LogP contribution in [0.2, 0.25) is 5.02 Å². The van der Waals surface area contributed by atoms with Gasteiger partial charge < -0.3 is 5.32 Å². The van der Waals surface area contributed by atoms with Gasteiger partial charge in [0.1, 0.15) is 11.6 Å². The van der Waals surface area contributed by atoms with Gasteiger partial charge >= 0.3 is 0 Å². The maximum atomic E-state index is 13.4. The minimum atomic E-state index is -0.445. The summed E-state index contributed by atoms with van der Waals surface area (Å²) in [7, 11) is 0. The summed E-state index contributed by atoms with van der Waals surface area (Å²) >= 11 is 9.39. The Labute approximate surface area is 123 Å². The van der Waals surface area contributed by atoms with Crippen molar-refractivity contribution >= 4 is 27.5 Å². The van der Waals surface area contributed by atoms with Crippen LogP contribution in [0.5, 0.6) is 0 Å². The van der Waals surface area contributed by atoms with E-state index in [1.165, 1.54) is 6.07 Å². The van der Waals surface area contributed by atoms with Crippen molar-refractivity contribution in [1.29, 1.82) is 0 Å². The Morgan fingerprint density at radius 2 is 1.74 bits per heavy atom. The zero-order valence-corrected chi connectivity index (χ0v) is 12.2. The molecule has 100 valence electrons. The van der Waals surface area contributed by atoms with E-state index >= 15 is 0 Å². The van der Waals surface area contributed by atoms with Crippen LogP contribution in [-0.2, 0) is 13.1 Å². The smallest absolute Gasteiger partial charge is 0.127 e. The summed E-state index contributed by atoms with van der Waals surface area (Å²) in [6, 6.07) is 8.96. The molecule has 0 fully saturated rings. The molecule has 0 bridgehead atoms. The van der Waals surface area contributed by atoms with Gasteiger partial charge in [0.05, 0.1) is 0 Å². The fourth-order valence-electron chi connectivity index (χ4n) is 1.68. The summed E-state index contributed by atoms with van der Waals surface area (Å²) in [6.07, 6.45) is 0. The first-order valence-electron chi connectivity index (χ1n) is 5.65. The third-order valence-corrected chi connectivity index (χ3v) is 3.50. The van der Waals surface area contributed by atoms with Gasteiger partial charge in [0.2, 0.25) is 0 Å². The Balaban J connectivity index is 1.98. The summed E-state index contributed by atoms with van der Waals surface area (Å²) in [5.74, 6) is -0.865. The molecule has 1 N–H and O–H groups in total. The van der Waals surface area contributed by atoms with Crippen LogP contribution in [0.1, 0.15) is 11.1 Å². The maximum absolute atomic E-state index is 13.4. The molecule has 2 aromatic rings. The second kappa shape index (κ2) is 6.46. The molecule has 2 aromatic carbocycles. The van der Waals surface area contributed by atoms with Gasteiger partial charge in [0.25, 0.3) is 0 Å². The highest BCUT2D eigenvalue weighted by Crippen LogP contribution is 2.21. The van der Waals surface area contributed by atoms with Crippen LogP contribution in [0.25, 0.3) is 0 Å². The third kappa shape index (κ3) is 4.00. The standard InChI is InChI=1S/C14H11BrClF2N/c15-11-2-1-9(13(16)6-11)7-19-8-10-5-12(17)3-4-14(10)18/h1-6,19H,7-8H2. The second-order valence-corrected chi connectivity index (χ2v) is 5.40. The first kappa shape index (κ1) is 14.4. The van der Waals surface area contributed by atoms with Crippen LogP contribution in [0.15, 0.2) is 40.9 Å². The molecule has 0 unspecified atom stereocenters. The molecule has 19 heavy (non-hydrogen) atoms. The Kier molecular flexibility index (Phi) is 4.91. The van der Waals surface area contributed by atoms with Crippen molar-refractivity contribution in [2.75, 3.05) is 0 Å². The molecule has 0 aliphatic rings. The summed E-state index contributed by atoms with van der Waals surface area (Å²) in [5.41, 5.74) is 1.20. The average Bonchev–Trinajstić information content (AvgIpc) is 2.36. The van der Waals surface area contributed by atoms with Crippen LogP contribution in [0.3, 0.4) is 0 Å². The predicted molar refractivity (Wildman–Crippen MR) is 76.1 cm³/mol. The van der Waals surface area contributed by atoms with Gasteiger partial charge in [-0.2, -0.15) is 0 Å². The van der Waals surface area contributed by atoms with Crippen LogP contribution < -0.4 is 5.32 Å². The molecule has 0 spiro atoms. The van der Waals surface area contributed by atoms with Gasteiger partial charge in [0.15, 0.2) is 0 Å². The van der Waals surface area contributed by atoms with E-state index in [4.69, 9.17) is 11.6 Å². The quantitative estimate of drug-likeness (QED) is 0.848. The van der Waals surface area contributed by atoms with Crippen molar-refractivity contribution in [2.45, 2.75) is 13.1 Å². The van der Waals surface area contributed by atoms with E-state index in [0.717, 1.165) is 22.2 Å². The molecule has 0 atom stereocenters. The first-order valence-corrected chi connectivity index (χ1v) is 6.82. The fourth-order valence-corrected chi connectivity index (χ4v) is 2.42. The van der Waals surface area contributed by atoms with Crippen LogP contribution in [0, 0.1) is 11.6 Å². The first-order chi connectivity index (χ1) is 9.06. The second-order valence-electron chi connectivity index (χ2n) is 4.08. The Morgan fingerprint density at radius 1 is 1.00 bits per heavy atom. The number of hydrogen-bond acceptors (Lipinski definition) is 1. The number of hydrogen-bond donors (Lipinski definition) is 1. The van der Waals surface area contributed by atoms with Gasteiger partial charge in [-0.3, -0.25) is 0 Å². The van der Waals surface area contributed by atoms with Gasteiger partial charge in [-0.1, -0.05) is 33.6 Å². The van der Waals surface area contributed by atoms with Crippen molar-refractivity contribution in [3.05, 3.63) is 68.7 Å². The minimum Gasteiger partial charge on any atom is -0.308 e. The number of rotatable bonds is 4. The van der Waals surface area contributed by atoms with Gasteiger partial charge in [-0.25, -0.2) is 8.78 Å². The third-order valence-electron chi connectivity index (χ3n) is 2.65. The molecular formula is C14H11BrClF2N. The molecule has 2 rings (SSSR count). The van der Waals surface area contributed by atoms with E-state index < -0.39 is 11.6 Å². The van der Waals surface area contributed by atoms with E-state index in [-0.39, 0.29) is 6.54 Å². The SMILES string of the molecule is Fc1ccc(F)c(CNCc2ccc(Br)cc2Cl)c1. The fraction of sp³-hybridized carbons (Fsp3) is 0.143. The molecular weight excluding hydrogens is 336 g/mol. The molecule has 0 heterocycles. The highest BCUT2D eigenvalue weighted by atomic mass is 79.9. The lowest BCUT2D eigenvalue weighted by atomic mass is 10.2. The average molecular weight is 347 g/mol. The van der Waals surface area contributed by atoms with Crippen molar-refractivity contribution in [3.63, 3.8) is 0 Å². The largest absolute Gasteiger partial charge is 0.308 e. The highest BCUT2D eigenvalue weighted by molar-refractivity contribution is 9.10. The van der Waals surface area contributed by atoms with Crippen molar-refractivity contribution < 1.29 is 8.78 Å². The molecule has 1 nitrogen and oxygen atoms in total. The van der Waals surface area contributed by atoms with Gasteiger partial charge in [-0.05, 0) is 35.9 Å². The summed E-state index contributed by atoms with van der Waals surface area (Å²) in [4.78, 5) is 0. The monoisotopic (exact) mass is 345 g/mol. The predicted octanol–water partition coefficient (Wildman–Crippen LogP) is 4.67. The molecule has 0 aliphatic heterocycles. The lowest BCUT2D eigenvalue weighted by Gasteiger charge is -2.08. The number of nitrogens with one attached hydrogen (secondary N) is 1. The molecule has 0 saturated heterocycles. The van der Waals surface area contributed by atoms with E-state index in [9.17, 15) is 8.78 Å². The minimum absolute atomic E-state index is 0.246. The molecule has 5 heteroatoms. The van der Waals surface area contributed by atoms with Crippen LogP contribution in [-0.4, -0.2) is 0 Å². The zero-order chi connectivity index (χ0) is 13.8. The van der Waals surface area contributed by atoms with Crippen molar-refractivity contribution in [3.8, 4) is 0 Å².